The van der Waals surface area contributed by atoms with Crippen LogP contribution in [0.5, 0.6) is 0 Å². The van der Waals surface area contributed by atoms with Gasteiger partial charge in [0.05, 0.1) is 22.2 Å². The molecule has 10 heteroatoms. The van der Waals surface area contributed by atoms with Crippen molar-refractivity contribution >= 4 is 34.6 Å². The molecule has 0 saturated carbocycles. The number of H-pyrrole nitrogens is 1. The van der Waals surface area contributed by atoms with Gasteiger partial charge in [0, 0.05) is 12.3 Å². The molecule has 0 aromatic carbocycles. The summed E-state index contributed by atoms with van der Waals surface area (Å²) in [5.74, 6) is -1.24. The molecule has 9 nitrogen and oxygen atoms in total. The monoisotopic (exact) mass is 424 g/mol. The molecule has 0 amide bonds. The number of alkyl halides is 1. The smallest absolute Gasteiger partial charge is 0.330 e. The van der Waals surface area contributed by atoms with Crippen LogP contribution in [-0.2, 0) is 9.53 Å². The normalized spacial score (nSPS) is 28.3. The van der Waals surface area contributed by atoms with E-state index in [-0.39, 0.29) is 5.56 Å². The minimum atomic E-state index is -1.24. The van der Waals surface area contributed by atoms with E-state index in [0.717, 1.165) is 22.9 Å². The average Bonchev–Trinajstić information content (AvgIpc) is 2.74. The molecule has 1 fully saturated rings. The number of aliphatic hydroxyl groups is 2. The second-order valence-corrected chi connectivity index (χ2v) is 6.04. The lowest BCUT2D eigenvalue weighted by Gasteiger charge is -2.17. The molecule has 1 aromatic heterocycles. The molecule has 0 spiro atoms. The highest BCUT2D eigenvalue weighted by Crippen LogP contribution is 2.33. The highest BCUT2D eigenvalue weighted by Gasteiger charge is 2.43. The lowest BCUT2D eigenvalue weighted by molar-refractivity contribution is -0.131. The quantitative estimate of drug-likeness (QED) is 0.267. The van der Waals surface area contributed by atoms with Crippen LogP contribution in [0.3, 0.4) is 0 Å². The van der Waals surface area contributed by atoms with Gasteiger partial charge in [-0.05, 0) is 6.08 Å². The number of carbonyl (C=O) groups is 1. The summed E-state index contributed by atoms with van der Waals surface area (Å²) in [6.07, 6.45) is 0.254. The fourth-order valence-corrected chi connectivity index (χ4v) is 3.03. The number of hydrogen-bond donors (Lipinski definition) is 4. The average molecular weight is 424 g/mol. The summed E-state index contributed by atoms with van der Waals surface area (Å²) in [7, 11) is 0. The minimum absolute atomic E-state index is 0.0452. The number of aliphatic hydroxyl groups excluding tert-OH is 2. The first kappa shape index (κ1) is 16.9. The Balaban J connectivity index is 2.44. The molecule has 0 bridgehead atoms. The Hall–Kier alpha value is -1.50. The van der Waals surface area contributed by atoms with Gasteiger partial charge in [-0.1, -0.05) is 22.6 Å². The number of aromatic nitrogens is 2. The third-order valence-corrected chi connectivity index (χ3v) is 4.50. The third kappa shape index (κ3) is 3.29. The highest BCUT2D eigenvalue weighted by molar-refractivity contribution is 14.1. The largest absolute Gasteiger partial charge is 0.478 e. The van der Waals surface area contributed by atoms with Gasteiger partial charge in [0.2, 0.25) is 0 Å². The lowest BCUT2D eigenvalue weighted by Crippen LogP contribution is -2.36. The molecular formula is C12H13IN2O7. The molecule has 4 N–H and O–H groups in total. The van der Waals surface area contributed by atoms with Gasteiger partial charge in [-0.3, -0.25) is 14.3 Å². The topological polar surface area (TPSA) is 142 Å². The van der Waals surface area contributed by atoms with Crippen molar-refractivity contribution in [2.24, 2.45) is 0 Å². The Bertz CT molecular complexity index is 710. The fraction of sp³-hybridized carbons (Fsp3) is 0.417. The van der Waals surface area contributed by atoms with Gasteiger partial charge in [0.15, 0.2) is 6.23 Å². The number of aliphatic carboxylic acids is 1. The number of nitrogens with zero attached hydrogens (tertiary/aromatic N) is 1. The molecule has 2 rings (SSSR count). The summed E-state index contributed by atoms with van der Waals surface area (Å²) in [5.41, 5.74) is -1.54. The van der Waals surface area contributed by atoms with Crippen LogP contribution in [0.1, 0.15) is 11.8 Å². The summed E-state index contributed by atoms with van der Waals surface area (Å²) in [5, 5.41) is 27.6. The van der Waals surface area contributed by atoms with Crippen LogP contribution in [0.4, 0.5) is 0 Å². The predicted octanol–water partition coefficient (Wildman–Crippen LogP) is -1.31. The second-order valence-electron chi connectivity index (χ2n) is 4.61. The van der Waals surface area contributed by atoms with Gasteiger partial charge in [-0.2, -0.15) is 0 Å². The van der Waals surface area contributed by atoms with Crippen molar-refractivity contribution in [3.8, 4) is 0 Å². The highest BCUT2D eigenvalue weighted by atomic mass is 127. The SMILES string of the molecule is O=C(O)C=Cc1cn([C@H]2O[C@@H](CO)C(O)C2I)c(=O)[nH]c1=O. The van der Waals surface area contributed by atoms with E-state index < -0.39 is 46.2 Å². The van der Waals surface area contributed by atoms with Crippen molar-refractivity contribution in [3.05, 3.63) is 38.7 Å². The van der Waals surface area contributed by atoms with E-state index in [1.165, 1.54) is 0 Å². The van der Waals surface area contributed by atoms with Crippen LogP contribution >= 0.6 is 22.6 Å². The number of ether oxygens (including phenoxy) is 1. The zero-order valence-electron chi connectivity index (χ0n) is 11.0. The van der Waals surface area contributed by atoms with Crippen LogP contribution in [0.25, 0.3) is 6.08 Å². The van der Waals surface area contributed by atoms with E-state index in [4.69, 9.17) is 14.9 Å². The van der Waals surface area contributed by atoms with Crippen molar-refractivity contribution in [2.75, 3.05) is 6.61 Å². The molecule has 2 unspecified atom stereocenters. The third-order valence-electron chi connectivity index (χ3n) is 3.15. The Morgan fingerprint density at radius 2 is 2.18 bits per heavy atom. The standard InChI is InChI=1S/C12H13IN2O7/c13-8-9(19)6(4-16)22-11(8)15-3-5(1-2-7(17)18)10(20)14-12(15)21/h1-3,6,8-9,11,16,19H,4H2,(H,17,18)(H,14,20,21)/t6-,8?,9?,11-/m0/s1. The Kier molecular flexibility index (Phi) is 5.16. The Morgan fingerprint density at radius 3 is 2.73 bits per heavy atom. The maximum Gasteiger partial charge on any atom is 0.330 e. The molecule has 1 saturated heterocycles. The van der Waals surface area contributed by atoms with E-state index in [9.17, 15) is 19.5 Å². The molecular weight excluding hydrogens is 411 g/mol. The van der Waals surface area contributed by atoms with Gasteiger partial charge < -0.3 is 20.1 Å². The molecule has 0 radical (unpaired) electrons. The number of rotatable bonds is 4. The summed E-state index contributed by atoms with van der Waals surface area (Å²) in [4.78, 5) is 36.1. The molecule has 22 heavy (non-hydrogen) atoms. The van der Waals surface area contributed by atoms with E-state index in [2.05, 4.69) is 4.98 Å². The maximum absolute atomic E-state index is 11.9. The van der Waals surface area contributed by atoms with E-state index in [0.29, 0.717) is 0 Å². The van der Waals surface area contributed by atoms with E-state index in [1.807, 2.05) is 22.6 Å². The predicted molar refractivity (Wildman–Crippen MR) is 82.8 cm³/mol. The molecule has 120 valence electrons. The Morgan fingerprint density at radius 1 is 1.50 bits per heavy atom. The van der Waals surface area contributed by atoms with Crippen molar-refractivity contribution in [3.63, 3.8) is 0 Å². The Labute approximate surface area is 137 Å². The first-order valence-electron chi connectivity index (χ1n) is 6.20. The molecule has 1 aliphatic rings. The summed E-state index contributed by atoms with van der Waals surface area (Å²) in [6.45, 7) is -0.416. The van der Waals surface area contributed by atoms with Crippen LogP contribution in [-0.4, -0.2) is 53.6 Å². The molecule has 4 atom stereocenters. The van der Waals surface area contributed by atoms with Crippen molar-refractivity contribution in [1.29, 1.82) is 0 Å². The number of nitrogens with one attached hydrogen (secondary N) is 1. The molecule has 2 heterocycles. The second kappa shape index (κ2) is 6.73. The first-order chi connectivity index (χ1) is 10.3. The summed E-state index contributed by atoms with van der Waals surface area (Å²) in [6, 6.07) is 0. The molecule has 0 aliphatic carbocycles. The van der Waals surface area contributed by atoms with Gasteiger partial charge in [0.1, 0.15) is 6.10 Å². The van der Waals surface area contributed by atoms with E-state index in [1.54, 1.807) is 0 Å². The number of carboxylic acid groups (broad SMARTS) is 1. The van der Waals surface area contributed by atoms with Gasteiger partial charge in [-0.25, -0.2) is 9.59 Å². The van der Waals surface area contributed by atoms with Crippen molar-refractivity contribution in [1.82, 2.24) is 9.55 Å². The van der Waals surface area contributed by atoms with Crippen molar-refractivity contribution in [2.45, 2.75) is 22.4 Å². The number of carboxylic acids is 1. The van der Waals surface area contributed by atoms with Crippen LogP contribution < -0.4 is 11.2 Å². The van der Waals surface area contributed by atoms with Gasteiger partial charge in [0.25, 0.3) is 5.56 Å². The van der Waals surface area contributed by atoms with Crippen LogP contribution in [0, 0.1) is 0 Å². The fourth-order valence-electron chi connectivity index (χ4n) is 2.05. The molecule has 1 aromatic rings. The minimum Gasteiger partial charge on any atom is -0.478 e. The summed E-state index contributed by atoms with van der Waals surface area (Å²) >= 11 is 1.88. The maximum atomic E-state index is 11.9. The zero-order valence-corrected chi connectivity index (χ0v) is 13.2. The van der Waals surface area contributed by atoms with E-state index >= 15 is 0 Å². The zero-order chi connectivity index (χ0) is 16.4. The number of hydrogen-bond acceptors (Lipinski definition) is 6. The van der Waals surface area contributed by atoms with Gasteiger partial charge in [-0.15, -0.1) is 0 Å². The van der Waals surface area contributed by atoms with Crippen LogP contribution in [0.2, 0.25) is 0 Å². The summed E-state index contributed by atoms with van der Waals surface area (Å²) < 4.78 is 5.94. The van der Waals surface area contributed by atoms with Crippen LogP contribution in [0.15, 0.2) is 21.9 Å². The number of aromatic amines is 1. The van der Waals surface area contributed by atoms with Crippen molar-refractivity contribution < 1.29 is 24.9 Å². The lowest BCUT2D eigenvalue weighted by atomic mass is 10.2. The van der Waals surface area contributed by atoms with Gasteiger partial charge >= 0.3 is 11.7 Å². The number of halogens is 1. The first-order valence-corrected chi connectivity index (χ1v) is 7.44. The molecule has 1 aliphatic heterocycles.